The molecule has 2 heterocycles. The molecular weight excluding hydrogens is 422 g/mol. The highest BCUT2D eigenvalue weighted by Gasteiger charge is 2.27. The molecule has 30 heavy (non-hydrogen) atoms. The topological polar surface area (TPSA) is 88.6 Å². The Balaban J connectivity index is 1.44. The van der Waals surface area contributed by atoms with Crippen LogP contribution in [0.2, 0.25) is 0 Å². The summed E-state index contributed by atoms with van der Waals surface area (Å²) in [5.41, 5.74) is 1.72. The number of amides is 1. The summed E-state index contributed by atoms with van der Waals surface area (Å²) in [4.78, 5) is 17.2. The number of ether oxygens (including phenoxy) is 1. The van der Waals surface area contributed by atoms with Gasteiger partial charge in [-0.15, -0.1) is 11.3 Å². The van der Waals surface area contributed by atoms with Crippen LogP contribution in [0, 0.1) is 0 Å². The van der Waals surface area contributed by atoms with Crippen LogP contribution in [-0.4, -0.2) is 43.8 Å². The van der Waals surface area contributed by atoms with E-state index < -0.39 is 10.0 Å². The summed E-state index contributed by atoms with van der Waals surface area (Å²) < 4.78 is 31.8. The number of benzene rings is 2. The van der Waals surface area contributed by atoms with E-state index in [1.807, 2.05) is 24.3 Å². The first-order chi connectivity index (χ1) is 14.5. The monoisotopic (exact) mass is 443 g/mol. The van der Waals surface area contributed by atoms with Gasteiger partial charge in [0.15, 0.2) is 0 Å². The third-order valence-corrected chi connectivity index (χ3v) is 7.69. The molecule has 3 aromatic rings. The quantitative estimate of drug-likeness (QED) is 0.625. The number of hydrogen-bond acceptors (Lipinski definition) is 6. The number of nitrogens with zero attached hydrogens (tertiary/aromatic N) is 2. The molecule has 1 fully saturated rings. The van der Waals surface area contributed by atoms with Gasteiger partial charge in [-0.1, -0.05) is 0 Å². The summed E-state index contributed by atoms with van der Waals surface area (Å²) in [7, 11) is -1.86. The van der Waals surface area contributed by atoms with Crippen LogP contribution in [0.1, 0.15) is 23.3 Å². The van der Waals surface area contributed by atoms with Gasteiger partial charge in [0.25, 0.3) is 5.91 Å². The van der Waals surface area contributed by atoms with Crippen molar-refractivity contribution < 1.29 is 17.9 Å². The van der Waals surface area contributed by atoms with Gasteiger partial charge in [0.2, 0.25) is 10.0 Å². The van der Waals surface area contributed by atoms with Crippen molar-refractivity contribution in [1.82, 2.24) is 9.29 Å². The number of rotatable bonds is 6. The van der Waals surface area contributed by atoms with Crippen LogP contribution in [0.5, 0.6) is 5.75 Å². The summed E-state index contributed by atoms with van der Waals surface area (Å²) >= 11 is 1.38. The van der Waals surface area contributed by atoms with Gasteiger partial charge in [-0.05, 0) is 61.4 Å². The predicted molar refractivity (Wildman–Crippen MR) is 116 cm³/mol. The minimum absolute atomic E-state index is 0.234. The van der Waals surface area contributed by atoms with E-state index in [9.17, 15) is 13.2 Å². The molecule has 0 spiro atoms. The Kier molecular flexibility index (Phi) is 5.85. The zero-order chi connectivity index (χ0) is 21.1. The lowest BCUT2D eigenvalue weighted by molar-refractivity contribution is 0.102. The van der Waals surface area contributed by atoms with E-state index in [0.29, 0.717) is 24.5 Å². The fraction of sp³-hybridized carbons (Fsp3) is 0.238. The molecular formula is C21H21N3O4S2. The molecule has 4 rings (SSSR count). The summed E-state index contributed by atoms with van der Waals surface area (Å²) in [5, 5.41) is 5.19. The highest BCUT2D eigenvalue weighted by Crippen LogP contribution is 2.26. The zero-order valence-electron chi connectivity index (χ0n) is 16.4. The maximum Gasteiger partial charge on any atom is 0.275 e. The van der Waals surface area contributed by atoms with Crippen molar-refractivity contribution >= 4 is 33.0 Å². The second kappa shape index (κ2) is 8.55. The van der Waals surface area contributed by atoms with Crippen LogP contribution >= 0.6 is 11.3 Å². The van der Waals surface area contributed by atoms with Gasteiger partial charge in [0.05, 0.1) is 12.0 Å². The Morgan fingerprint density at radius 2 is 1.73 bits per heavy atom. The van der Waals surface area contributed by atoms with Crippen molar-refractivity contribution in [2.24, 2.45) is 0 Å². The van der Waals surface area contributed by atoms with Crippen LogP contribution in [0.25, 0.3) is 10.6 Å². The first kappa shape index (κ1) is 20.5. The van der Waals surface area contributed by atoms with Crippen molar-refractivity contribution in [3.63, 3.8) is 0 Å². The fourth-order valence-corrected chi connectivity index (χ4v) is 5.55. The third-order valence-electron chi connectivity index (χ3n) is 4.89. The van der Waals surface area contributed by atoms with Crippen molar-refractivity contribution in [2.75, 3.05) is 25.5 Å². The number of methoxy groups -OCH3 is 1. The molecule has 1 aliphatic rings. The fourth-order valence-electron chi connectivity index (χ4n) is 3.23. The Labute approximate surface area is 179 Å². The SMILES string of the molecule is COc1ccc(-c2nc(C(=O)Nc3ccc(S(=O)(=O)N4CCCC4)cc3)cs2)cc1. The van der Waals surface area contributed by atoms with E-state index in [1.54, 1.807) is 24.6 Å². The normalized spacial score (nSPS) is 14.6. The van der Waals surface area contributed by atoms with Crippen molar-refractivity contribution in [2.45, 2.75) is 17.7 Å². The summed E-state index contributed by atoms with van der Waals surface area (Å²) in [5.74, 6) is 0.407. The van der Waals surface area contributed by atoms with Gasteiger partial charge in [0.1, 0.15) is 16.5 Å². The Morgan fingerprint density at radius 3 is 2.37 bits per heavy atom. The number of thiazole rings is 1. The van der Waals surface area contributed by atoms with Gasteiger partial charge < -0.3 is 10.1 Å². The molecule has 0 atom stereocenters. The molecule has 2 aromatic carbocycles. The standard InChI is InChI=1S/C21H21N3O4S2/c1-28-17-8-4-15(5-9-17)21-23-19(14-29-21)20(25)22-16-6-10-18(11-7-16)30(26,27)24-12-2-3-13-24/h4-11,14H,2-3,12-13H2,1H3,(H,22,25). The molecule has 1 N–H and O–H groups in total. The molecule has 1 amide bonds. The van der Waals surface area contributed by atoms with Crippen molar-refractivity contribution in [1.29, 1.82) is 0 Å². The Morgan fingerprint density at radius 1 is 1.07 bits per heavy atom. The minimum atomic E-state index is -3.47. The lowest BCUT2D eigenvalue weighted by Crippen LogP contribution is -2.27. The summed E-state index contributed by atoms with van der Waals surface area (Å²) in [6.45, 7) is 1.11. The number of carbonyl (C=O) groups excluding carboxylic acids is 1. The average Bonchev–Trinajstić information content (AvgIpc) is 3.47. The number of hydrogen-bond donors (Lipinski definition) is 1. The Hall–Kier alpha value is -2.75. The average molecular weight is 444 g/mol. The number of carbonyl (C=O) groups is 1. The van der Waals surface area contributed by atoms with E-state index >= 15 is 0 Å². The largest absolute Gasteiger partial charge is 0.497 e. The molecule has 1 saturated heterocycles. The van der Waals surface area contributed by atoms with Crippen molar-refractivity contribution in [3.05, 3.63) is 59.6 Å². The highest BCUT2D eigenvalue weighted by atomic mass is 32.2. The summed E-state index contributed by atoms with van der Waals surface area (Å²) in [6, 6.07) is 13.7. The molecule has 156 valence electrons. The molecule has 0 saturated carbocycles. The molecule has 1 aliphatic heterocycles. The van der Waals surface area contributed by atoms with Gasteiger partial charge in [0, 0.05) is 29.7 Å². The van der Waals surface area contributed by atoms with E-state index in [4.69, 9.17) is 4.74 Å². The molecule has 7 nitrogen and oxygen atoms in total. The minimum Gasteiger partial charge on any atom is -0.497 e. The van der Waals surface area contributed by atoms with Crippen LogP contribution in [0.4, 0.5) is 5.69 Å². The third kappa shape index (κ3) is 4.23. The van der Waals surface area contributed by atoms with E-state index in [1.165, 1.54) is 27.8 Å². The molecule has 0 aliphatic carbocycles. The zero-order valence-corrected chi connectivity index (χ0v) is 18.0. The molecule has 0 radical (unpaired) electrons. The van der Waals surface area contributed by atoms with Crippen LogP contribution < -0.4 is 10.1 Å². The van der Waals surface area contributed by atoms with Crippen molar-refractivity contribution in [3.8, 4) is 16.3 Å². The number of anilines is 1. The number of nitrogens with one attached hydrogen (secondary N) is 1. The molecule has 9 heteroatoms. The maximum absolute atomic E-state index is 12.6. The lowest BCUT2D eigenvalue weighted by atomic mass is 10.2. The maximum atomic E-state index is 12.6. The number of sulfonamides is 1. The van der Waals surface area contributed by atoms with E-state index in [-0.39, 0.29) is 10.8 Å². The van der Waals surface area contributed by atoms with Crippen LogP contribution in [0.3, 0.4) is 0 Å². The molecule has 1 aromatic heterocycles. The second-order valence-corrected chi connectivity index (χ2v) is 9.65. The van der Waals surface area contributed by atoms with Crippen LogP contribution in [0.15, 0.2) is 58.8 Å². The molecule has 0 unspecified atom stereocenters. The predicted octanol–water partition coefficient (Wildman–Crippen LogP) is 3.86. The van der Waals surface area contributed by atoms with Gasteiger partial charge in [-0.2, -0.15) is 4.31 Å². The highest BCUT2D eigenvalue weighted by molar-refractivity contribution is 7.89. The van der Waals surface area contributed by atoms with E-state index in [2.05, 4.69) is 10.3 Å². The summed E-state index contributed by atoms with van der Waals surface area (Å²) in [6.07, 6.45) is 1.78. The first-order valence-electron chi connectivity index (χ1n) is 9.49. The smallest absolute Gasteiger partial charge is 0.275 e. The van der Waals surface area contributed by atoms with Crippen LogP contribution in [-0.2, 0) is 10.0 Å². The Bertz CT molecular complexity index is 1130. The molecule has 0 bridgehead atoms. The lowest BCUT2D eigenvalue weighted by Gasteiger charge is -2.15. The first-order valence-corrected chi connectivity index (χ1v) is 11.8. The van der Waals surface area contributed by atoms with Gasteiger partial charge in [-0.25, -0.2) is 13.4 Å². The van der Waals surface area contributed by atoms with Gasteiger partial charge >= 0.3 is 0 Å². The number of aromatic nitrogens is 1. The second-order valence-electron chi connectivity index (χ2n) is 6.86. The van der Waals surface area contributed by atoms with E-state index in [0.717, 1.165) is 29.2 Å². The van der Waals surface area contributed by atoms with Gasteiger partial charge in [-0.3, -0.25) is 4.79 Å².